The number of rotatable bonds is 1. The lowest BCUT2D eigenvalue weighted by Crippen LogP contribution is -2.29. The van der Waals surface area contributed by atoms with Crippen LogP contribution in [-0.4, -0.2) is 25.0 Å². The highest BCUT2D eigenvalue weighted by Crippen LogP contribution is 2.65. The van der Waals surface area contributed by atoms with Gasteiger partial charge in [0, 0.05) is 5.69 Å². The number of halogens is 1. The molecule has 0 bridgehead atoms. The summed E-state index contributed by atoms with van der Waals surface area (Å²) >= 11 is 0. The van der Waals surface area contributed by atoms with Crippen molar-refractivity contribution in [2.24, 2.45) is 0 Å². The van der Waals surface area contributed by atoms with Gasteiger partial charge in [-0.3, -0.25) is 0 Å². The maximum Gasteiger partial charge on any atom is 0.123 e. The maximum atomic E-state index is 12.7. The Morgan fingerprint density at radius 3 is 2.33 bits per heavy atom. The molecule has 1 heterocycles. The third-order valence-electron chi connectivity index (χ3n) is 5.76. The number of anilines is 1. The second-order valence-electron chi connectivity index (χ2n) is 7.47. The Bertz CT molecular complexity index is 717. The average molecular weight is 324 g/mol. The van der Waals surface area contributed by atoms with Crippen molar-refractivity contribution < 1.29 is 4.39 Å². The Labute approximate surface area is 143 Å². The van der Waals surface area contributed by atoms with E-state index in [1.807, 2.05) is 18.2 Å². The second kappa shape index (κ2) is 6.21. The zero-order valence-corrected chi connectivity index (χ0v) is 14.2. The van der Waals surface area contributed by atoms with Gasteiger partial charge in [-0.2, -0.15) is 0 Å². The fourth-order valence-corrected chi connectivity index (χ4v) is 4.12. The van der Waals surface area contributed by atoms with Crippen LogP contribution in [0.3, 0.4) is 0 Å². The Hall–Kier alpha value is -1.87. The molecule has 3 heteroatoms. The van der Waals surface area contributed by atoms with Crippen LogP contribution in [0.4, 0.5) is 10.1 Å². The van der Waals surface area contributed by atoms with Crippen LogP contribution < -0.4 is 5.73 Å². The van der Waals surface area contributed by atoms with Crippen molar-refractivity contribution in [2.45, 2.75) is 37.0 Å². The van der Waals surface area contributed by atoms with Crippen LogP contribution in [0.15, 0.2) is 42.5 Å². The fraction of sp³-hybridized carbons (Fsp3) is 0.429. The van der Waals surface area contributed by atoms with Crippen LogP contribution in [0.5, 0.6) is 0 Å². The average Bonchev–Trinajstić information content (AvgIpc) is 3.30. The van der Waals surface area contributed by atoms with Crippen LogP contribution in [0.25, 0.3) is 0 Å². The summed E-state index contributed by atoms with van der Waals surface area (Å²) in [7, 11) is 2.15. The third kappa shape index (κ3) is 3.05. The molecule has 0 spiro atoms. The van der Waals surface area contributed by atoms with E-state index in [2.05, 4.69) is 24.1 Å². The van der Waals surface area contributed by atoms with E-state index in [9.17, 15) is 4.39 Å². The van der Waals surface area contributed by atoms with Crippen molar-refractivity contribution in [3.05, 3.63) is 65.0 Å². The van der Waals surface area contributed by atoms with E-state index in [1.165, 1.54) is 30.4 Å². The van der Waals surface area contributed by atoms with Crippen LogP contribution in [0.2, 0.25) is 0 Å². The summed E-state index contributed by atoms with van der Waals surface area (Å²) in [5.41, 5.74) is 10.9. The van der Waals surface area contributed by atoms with Crippen molar-refractivity contribution in [3.63, 3.8) is 0 Å². The topological polar surface area (TPSA) is 29.3 Å². The van der Waals surface area contributed by atoms with Crippen molar-refractivity contribution in [2.75, 3.05) is 25.9 Å². The molecule has 2 unspecified atom stereocenters. The summed E-state index contributed by atoms with van der Waals surface area (Å²) in [4.78, 5) is 2.35. The van der Waals surface area contributed by atoms with Gasteiger partial charge in [0.25, 0.3) is 0 Å². The summed E-state index contributed by atoms with van der Waals surface area (Å²) in [6, 6.07) is 13.3. The molecule has 3 aliphatic rings. The van der Waals surface area contributed by atoms with Crippen molar-refractivity contribution in [1.82, 2.24) is 4.90 Å². The van der Waals surface area contributed by atoms with Gasteiger partial charge in [-0.05, 0) is 98.1 Å². The number of hydrogen-bond donors (Lipinski definition) is 1. The van der Waals surface area contributed by atoms with Crippen molar-refractivity contribution >= 4 is 5.69 Å². The van der Waals surface area contributed by atoms with E-state index in [0.29, 0.717) is 5.92 Å². The number of piperidine rings is 1. The summed E-state index contributed by atoms with van der Waals surface area (Å²) in [6.07, 6.45) is 3.78. The van der Waals surface area contributed by atoms with Crippen LogP contribution >= 0.6 is 0 Å². The predicted molar refractivity (Wildman–Crippen MR) is 96.8 cm³/mol. The van der Waals surface area contributed by atoms with Crippen LogP contribution in [-0.2, 0) is 0 Å². The minimum absolute atomic E-state index is 0.137. The van der Waals surface area contributed by atoms with Crippen molar-refractivity contribution in [3.8, 4) is 0 Å². The van der Waals surface area contributed by atoms with E-state index in [0.717, 1.165) is 30.6 Å². The predicted octanol–water partition coefficient (Wildman–Crippen LogP) is 4.49. The van der Waals surface area contributed by atoms with E-state index in [4.69, 9.17) is 5.73 Å². The number of benzene rings is 2. The zero-order valence-electron chi connectivity index (χ0n) is 14.2. The molecule has 2 N–H and O–H groups in total. The minimum atomic E-state index is -0.137. The molecule has 1 saturated carbocycles. The first-order valence-electron chi connectivity index (χ1n) is 8.95. The molecule has 0 amide bonds. The zero-order chi connectivity index (χ0) is 16.7. The van der Waals surface area contributed by atoms with Crippen LogP contribution in [0, 0.1) is 5.82 Å². The maximum absolute atomic E-state index is 12.7. The molecule has 0 radical (unpaired) electrons. The molecular formula is C21H25FN2. The van der Waals surface area contributed by atoms with E-state index >= 15 is 0 Å². The summed E-state index contributed by atoms with van der Waals surface area (Å²) in [6.45, 7) is 2.31. The van der Waals surface area contributed by atoms with Gasteiger partial charge in [0.1, 0.15) is 5.82 Å². The minimum Gasteiger partial charge on any atom is -0.399 e. The fourth-order valence-electron chi connectivity index (χ4n) is 4.12. The van der Waals surface area contributed by atoms with Gasteiger partial charge in [0.15, 0.2) is 0 Å². The third-order valence-corrected chi connectivity index (χ3v) is 5.76. The standard InChI is InChI=1S/C12H16FN.C9H9N/c1-14-8-6-11(7-9-14)10-2-4-12(13)5-3-10;10-5-1-2-6-7(3-5)9-4-8(6)9/h2-5,11H,6-9H2,1H3;1-3,8-9H,4,10H2. The number of nitrogens with zero attached hydrogens (tertiary/aromatic N) is 1. The molecular weight excluding hydrogens is 299 g/mol. The smallest absolute Gasteiger partial charge is 0.123 e. The molecule has 2 nitrogen and oxygen atoms in total. The quantitative estimate of drug-likeness (QED) is 0.783. The molecule has 5 rings (SSSR count). The Morgan fingerprint density at radius 2 is 1.62 bits per heavy atom. The summed E-state index contributed by atoms with van der Waals surface area (Å²) in [5, 5.41) is 0. The highest BCUT2D eigenvalue weighted by atomic mass is 19.1. The summed E-state index contributed by atoms with van der Waals surface area (Å²) in [5.74, 6) is 2.32. The second-order valence-corrected chi connectivity index (χ2v) is 7.47. The molecule has 2 aliphatic carbocycles. The normalized spacial score (nSPS) is 24.9. The lowest BCUT2D eigenvalue weighted by atomic mass is 9.88. The SMILES string of the molecule is CN1CCC(c2ccc(F)cc2)CC1.Nc1ccc2c(c1)C1CC21. The lowest BCUT2D eigenvalue weighted by Gasteiger charge is -2.29. The van der Waals surface area contributed by atoms with Gasteiger partial charge in [-0.1, -0.05) is 18.2 Å². The van der Waals surface area contributed by atoms with E-state index < -0.39 is 0 Å². The highest BCUT2D eigenvalue weighted by molar-refractivity contribution is 5.58. The number of nitrogen functional groups attached to an aromatic ring is 1. The van der Waals surface area contributed by atoms with Gasteiger partial charge < -0.3 is 10.6 Å². The van der Waals surface area contributed by atoms with Gasteiger partial charge in [0.05, 0.1) is 0 Å². The number of fused-ring (bicyclic) bond motifs is 4. The molecule has 2 aromatic rings. The Kier molecular flexibility index (Phi) is 4.05. The largest absolute Gasteiger partial charge is 0.399 e. The first kappa shape index (κ1) is 15.6. The van der Waals surface area contributed by atoms with Crippen molar-refractivity contribution in [1.29, 1.82) is 0 Å². The number of nitrogens with two attached hydrogens (primary N) is 1. The first-order chi connectivity index (χ1) is 11.6. The molecule has 1 saturated heterocycles. The molecule has 1 aliphatic heterocycles. The molecule has 126 valence electrons. The van der Waals surface area contributed by atoms with Crippen LogP contribution in [0.1, 0.15) is 53.7 Å². The Morgan fingerprint density at radius 1 is 0.958 bits per heavy atom. The van der Waals surface area contributed by atoms with E-state index in [-0.39, 0.29) is 5.82 Å². The van der Waals surface area contributed by atoms with Gasteiger partial charge in [-0.25, -0.2) is 4.39 Å². The monoisotopic (exact) mass is 324 g/mol. The number of hydrogen-bond acceptors (Lipinski definition) is 2. The van der Waals surface area contributed by atoms with Gasteiger partial charge in [-0.15, -0.1) is 0 Å². The molecule has 2 aromatic carbocycles. The molecule has 24 heavy (non-hydrogen) atoms. The van der Waals surface area contributed by atoms with Gasteiger partial charge >= 0.3 is 0 Å². The Balaban J connectivity index is 0.000000127. The highest BCUT2D eigenvalue weighted by Gasteiger charge is 2.50. The first-order valence-corrected chi connectivity index (χ1v) is 8.95. The molecule has 2 atom stereocenters. The molecule has 2 fully saturated rings. The summed E-state index contributed by atoms with van der Waals surface area (Å²) < 4.78 is 12.7. The molecule has 0 aromatic heterocycles. The lowest BCUT2D eigenvalue weighted by molar-refractivity contribution is 0.255. The number of likely N-dealkylation sites (tertiary alicyclic amines) is 1. The van der Waals surface area contributed by atoms with E-state index in [1.54, 1.807) is 17.7 Å². The van der Waals surface area contributed by atoms with Gasteiger partial charge in [0.2, 0.25) is 0 Å².